The van der Waals surface area contributed by atoms with Gasteiger partial charge in [0, 0.05) is 5.69 Å². The van der Waals surface area contributed by atoms with Crippen LogP contribution >= 0.6 is 0 Å². The highest BCUT2D eigenvalue weighted by atomic mass is 16.5. The van der Waals surface area contributed by atoms with Crippen molar-refractivity contribution in [2.45, 2.75) is 6.92 Å². The molecule has 0 heterocycles. The van der Waals surface area contributed by atoms with Crippen LogP contribution in [-0.4, -0.2) is 24.6 Å². The predicted molar refractivity (Wildman–Crippen MR) is 131 cm³/mol. The van der Waals surface area contributed by atoms with E-state index in [-0.39, 0.29) is 12.5 Å². The lowest BCUT2D eigenvalue weighted by Gasteiger charge is -2.07. The Bertz CT molecular complexity index is 1290. The molecular formula is C27H23N3O3. The van der Waals surface area contributed by atoms with Crippen LogP contribution in [0.25, 0.3) is 10.8 Å². The summed E-state index contributed by atoms with van der Waals surface area (Å²) in [4.78, 5) is 24.6. The Labute approximate surface area is 191 Å². The van der Waals surface area contributed by atoms with Crippen LogP contribution in [0.2, 0.25) is 0 Å². The summed E-state index contributed by atoms with van der Waals surface area (Å²) in [5, 5.41) is 8.83. The van der Waals surface area contributed by atoms with Crippen LogP contribution < -0.4 is 15.5 Å². The zero-order valence-electron chi connectivity index (χ0n) is 18.1. The van der Waals surface area contributed by atoms with Crippen molar-refractivity contribution in [2.75, 3.05) is 11.9 Å². The van der Waals surface area contributed by atoms with Crippen LogP contribution in [0.3, 0.4) is 0 Å². The molecule has 6 nitrogen and oxygen atoms in total. The lowest BCUT2D eigenvalue weighted by Crippen LogP contribution is -2.25. The Morgan fingerprint density at radius 2 is 1.61 bits per heavy atom. The Hall–Kier alpha value is -4.45. The van der Waals surface area contributed by atoms with Gasteiger partial charge in [0.25, 0.3) is 5.91 Å². The largest absolute Gasteiger partial charge is 0.423 e. The molecule has 0 saturated carbocycles. The molecule has 0 aromatic heterocycles. The number of anilines is 1. The van der Waals surface area contributed by atoms with Crippen LogP contribution in [0.5, 0.6) is 5.75 Å². The molecule has 33 heavy (non-hydrogen) atoms. The molecule has 1 amide bonds. The zero-order valence-corrected chi connectivity index (χ0v) is 18.1. The first kappa shape index (κ1) is 21.8. The van der Waals surface area contributed by atoms with E-state index >= 15 is 0 Å². The van der Waals surface area contributed by atoms with Gasteiger partial charge in [-0.1, -0.05) is 54.1 Å². The number of rotatable bonds is 7. The van der Waals surface area contributed by atoms with Gasteiger partial charge in [-0.2, -0.15) is 5.10 Å². The number of nitrogens with zero attached hydrogens (tertiary/aromatic N) is 1. The monoisotopic (exact) mass is 437 g/mol. The fraction of sp³-hybridized carbons (Fsp3) is 0.0741. The van der Waals surface area contributed by atoms with E-state index in [1.54, 1.807) is 30.3 Å². The maximum absolute atomic E-state index is 12.6. The van der Waals surface area contributed by atoms with E-state index in [1.165, 1.54) is 6.21 Å². The van der Waals surface area contributed by atoms with Gasteiger partial charge in [0.15, 0.2) is 0 Å². The molecule has 0 fully saturated rings. The molecule has 0 bridgehead atoms. The zero-order chi connectivity index (χ0) is 23.0. The number of carbonyl (C=O) groups excluding carboxylic acids is 2. The number of hydrazone groups is 1. The number of fused-ring (bicyclic) bond motifs is 1. The molecule has 164 valence electrons. The van der Waals surface area contributed by atoms with Gasteiger partial charge in [-0.05, 0) is 65.7 Å². The highest BCUT2D eigenvalue weighted by molar-refractivity contribution is 6.05. The summed E-state index contributed by atoms with van der Waals surface area (Å²) in [6.07, 6.45) is 1.53. The quantitative estimate of drug-likeness (QED) is 0.186. The molecule has 0 aliphatic carbocycles. The molecule has 0 radical (unpaired) electrons. The van der Waals surface area contributed by atoms with Gasteiger partial charge in [0.1, 0.15) is 5.75 Å². The molecule has 0 atom stereocenters. The lowest BCUT2D eigenvalue weighted by atomic mass is 10.0. The molecule has 0 aliphatic rings. The van der Waals surface area contributed by atoms with E-state index in [4.69, 9.17) is 4.74 Å². The fourth-order valence-electron chi connectivity index (χ4n) is 3.26. The van der Waals surface area contributed by atoms with E-state index in [9.17, 15) is 9.59 Å². The molecule has 4 rings (SSSR count). The fourth-order valence-corrected chi connectivity index (χ4v) is 3.26. The van der Waals surface area contributed by atoms with Gasteiger partial charge in [-0.3, -0.25) is 4.79 Å². The first-order chi connectivity index (χ1) is 16.1. The number of amides is 1. The van der Waals surface area contributed by atoms with E-state index < -0.39 is 5.97 Å². The van der Waals surface area contributed by atoms with Crippen LogP contribution in [0.4, 0.5) is 5.69 Å². The van der Waals surface area contributed by atoms with Crippen LogP contribution in [0.1, 0.15) is 21.5 Å². The topological polar surface area (TPSA) is 79.8 Å². The Balaban J connectivity index is 1.29. The smallest absolute Gasteiger partial charge is 0.344 e. The van der Waals surface area contributed by atoms with E-state index in [1.807, 2.05) is 67.6 Å². The molecule has 0 unspecified atom stereocenters. The number of hydrogen-bond donors (Lipinski definition) is 2. The van der Waals surface area contributed by atoms with Crippen molar-refractivity contribution in [1.82, 2.24) is 5.43 Å². The average molecular weight is 437 g/mol. The minimum atomic E-state index is -0.415. The standard InChI is InChI=1S/C27H23N3O3/c1-19-9-13-22(14-10-19)28-18-26(31)30-29-17-20-11-15-23(16-12-20)33-27(32)25-8-4-6-21-5-2-3-7-24(21)25/h2-17,28H,18H2,1H3,(H,30,31)/b29-17-. The Morgan fingerprint density at radius 3 is 2.39 bits per heavy atom. The van der Waals surface area contributed by atoms with Gasteiger partial charge < -0.3 is 10.1 Å². The second-order valence-corrected chi connectivity index (χ2v) is 7.50. The molecule has 0 saturated heterocycles. The van der Waals surface area contributed by atoms with Crippen LogP contribution in [0.15, 0.2) is 96.1 Å². The van der Waals surface area contributed by atoms with Crippen molar-refractivity contribution in [3.05, 3.63) is 108 Å². The van der Waals surface area contributed by atoms with Gasteiger partial charge >= 0.3 is 5.97 Å². The number of ether oxygens (including phenoxy) is 1. The summed E-state index contributed by atoms with van der Waals surface area (Å²) in [6, 6.07) is 27.9. The molecule has 2 N–H and O–H groups in total. The molecule has 6 heteroatoms. The Kier molecular flexibility index (Phi) is 6.75. The molecule has 4 aromatic rings. The van der Waals surface area contributed by atoms with Crippen molar-refractivity contribution in [2.24, 2.45) is 5.10 Å². The summed E-state index contributed by atoms with van der Waals surface area (Å²) in [5.41, 5.74) is 5.78. The lowest BCUT2D eigenvalue weighted by molar-refractivity contribution is -0.119. The number of aryl methyl sites for hydroxylation is 1. The van der Waals surface area contributed by atoms with E-state index in [2.05, 4.69) is 15.8 Å². The van der Waals surface area contributed by atoms with Crippen molar-refractivity contribution in [3.8, 4) is 5.75 Å². The van der Waals surface area contributed by atoms with E-state index in [0.717, 1.165) is 27.6 Å². The number of carbonyl (C=O) groups is 2. The van der Waals surface area contributed by atoms with Crippen molar-refractivity contribution in [1.29, 1.82) is 0 Å². The second-order valence-electron chi connectivity index (χ2n) is 7.50. The summed E-state index contributed by atoms with van der Waals surface area (Å²) >= 11 is 0. The van der Waals surface area contributed by atoms with Gasteiger partial charge in [0.2, 0.25) is 0 Å². The normalized spacial score (nSPS) is 10.8. The molecule has 0 spiro atoms. The second kappa shape index (κ2) is 10.2. The number of nitrogens with one attached hydrogen (secondary N) is 2. The van der Waals surface area contributed by atoms with Crippen LogP contribution in [0, 0.1) is 6.92 Å². The van der Waals surface area contributed by atoms with Crippen molar-refractivity contribution >= 4 is 34.6 Å². The number of benzene rings is 4. The summed E-state index contributed by atoms with van der Waals surface area (Å²) < 4.78 is 5.53. The first-order valence-electron chi connectivity index (χ1n) is 10.5. The van der Waals surface area contributed by atoms with Crippen LogP contribution in [-0.2, 0) is 4.79 Å². The Morgan fingerprint density at radius 1 is 0.879 bits per heavy atom. The minimum Gasteiger partial charge on any atom is -0.423 e. The maximum atomic E-state index is 12.6. The third-order valence-corrected chi connectivity index (χ3v) is 5.01. The van der Waals surface area contributed by atoms with Crippen molar-refractivity contribution in [3.63, 3.8) is 0 Å². The summed E-state index contributed by atoms with van der Waals surface area (Å²) in [5.74, 6) is -0.245. The average Bonchev–Trinajstić information content (AvgIpc) is 2.84. The number of esters is 1. The van der Waals surface area contributed by atoms with Gasteiger partial charge in [-0.15, -0.1) is 0 Å². The molecule has 0 aliphatic heterocycles. The van der Waals surface area contributed by atoms with E-state index in [0.29, 0.717) is 11.3 Å². The minimum absolute atomic E-state index is 0.115. The first-order valence-corrected chi connectivity index (χ1v) is 10.5. The highest BCUT2D eigenvalue weighted by Gasteiger charge is 2.12. The maximum Gasteiger partial charge on any atom is 0.344 e. The van der Waals surface area contributed by atoms with Gasteiger partial charge in [0.05, 0.1) is 18.3 Å². The third-order valence-electron chi connectivity index (χ3n) is 5.01. The SMILES string of the molecule is Cc1ccc(NCC(=O)N/N=C\c2ccc(OC(=O)c3cccc4ccccc34)cc2)cc1. The molecule has 4 aromatic carbocycles. The summed E-state index contributed by atoms with van der Waals surface area (Å²) in [6.45, 7) is 2.12. The van der Waals surface area contributed by atoms with Crippen molar-refractivity contribution < 1.29 is 14.3 Å². The predicted octanol–water partition coefficient (Wildman–Crippen LogP) is 4.93. The third kappa shape index (κ3) is 5.83. The summed E-state index contributed by atoms with van der Waals surface area (Å²) in [7, 11) is 0. The highest BCUT2D eigenvalue weighted by Crippen LogP contribution is 2.21. The molecular weight excluding hydrogens is 414 g/mol. The van der Waals surface area contributed by atoms with Gasteiger partial charge in [-0.25, -0.2) is 10.2 Å². The number of hydrogen-bond acceptors (Lipinski definition) is 5.